The molecule has 2 amide bonds. The Morgan fingerprint density at radius 1 is 1.15 bits per heavy atom. The Bertz CT molecular complexity index is 1180. The largest absolute Gasteiger partial charge is 0.367 e. The molecule has 4 rings (SSSR count). The van der Waals surface area contributed by atoms with Crippen LogP contribution in [0.25, 0.3) is 0 Å². The Labute approximate surface area is 198 Å². The molecule has 12 nitrogen and oxygen atoms in total. The van der Waals surface area contributed by atoms with Crippen molar-refractivity contribution >= 4 is 45.0 Å². The van der Waals surface area contributed by atoms with Gasteiger partial charge < -0.3 is 26.6 Å². The van der Waals surface area contributed by atoms with Gasteiger partial charge >= 0.3 is 0 Å². The lowest BCUT2D eigenvalue weighted by Crippen LogP contribution is -2.59. The molecule has 1 unspecified atom stereocenters. The topological polar surface area (TPSA) is 163 Å². The monoisotopic (exact) mass is 488 g/mol. The third kappa shape index (κ3) is 5.37. The maximum absolute atomic E-state index is 12.5. The molecule has 2 heterocycles. The second-order valence-corrected chi connectivity index (χ2v) is 10.3. The zero-order valence-corrected chi connectivity index (χ0v) is 19.8. The van der Waals surface area contributed by atoms with Crippen molar-refractivity contribution in [3.8, 4) is 0 Å². The number of benzene rings is 1. The molecule has 1 aliphatic heterocycles. The summed E-state index contributed by atoms with van der Waals surface area (Å²) in [5.74, 6) is -0.137. The molecule has 34 heavy (non-hydrogen) atoms. The van der Waals surface area contributed by atoms with Gasteiger partial charge in [0.25, 0.3) is 5.91 Å². The molecule has 0 bridgehead atoms. The highest BCUT2D eigenvalue weighted by Crippen LogP contribution is 2.27. The molecule has 2 aliphatic rings. The number of nitrogens with zero attached hydrogens (tertiary/aromatic N) is 4. The molecule has 5 N–H and O–H groups in total. The maximum atomic E-state index is 12.5. The molecular weight excluding hydrogens is 460 g/mol. The van der Waals surface area contributed by atoms with Gasteiger partial charge in [0.1, 0.15) is 11.9 Å². The zero-order chi connectivity index (χ0) is 24.5. The zero-order valence-electron chi connectivity index (χ0n) is 19.0. The van der Waals surface area contributed by atoms with Crippen LogP contribution in [0.15, 0.2) is 30.5 Å². The molecule has 1 aliphatic carbocycles. The van der Waals surface area contributed by atoms with E-state index in [1.807, 2.05) is 29.2 Å². The van der Waals surface area contributed by atoms with E-state index in [0.717, 1.165) is 24.8 Å². The van der Waals surface area contributed by atoms with Gasteiger partial charge in [0.15, 0.2) is 0 Å². The van der Waals surface area contributed by atoms with Crippen LogP contribution in [-0.4, -0.2) is 79.5 Å². The average Bonchev–Trinajstić information content (AvgIpc) is 3.62. The number of sulfonamides is 1. The van der Waals surface area contributed by atoms with E-state index in [9.17, 15) is 18.0 Å². The minimum atomic E-state index is -3.39. The third-order valence-corrected chi connectivity index (χ3v) is 7.06. The van der Waals surface area contributed by atoms with Crippen LogP contribution in [0.1, 0.15) is 23.2 Å². The van der Waals surface area contributed by atoms with Crippen molar-refractivity contribution in [2.24, 2.45) is 5.73 Å². The Balaban J connectivity index is 1.50. The summed E-state index contributed by atoms with van der Waals surface area (Å²) in [5.41, 5.74) is 7.16. The van der Waals surface area contributed by atoms with Gasteiger partial charge in [0.2, 0.25) is 21.9 Å². The minimum absolute atomic E-state index is 0.0787. The Morgan fingerprint density at radius 3 is 2.44 bits per heavy atom. The predicted molar refractivity (Wildman–Crippen MR) is 129 cm³/mol. The van der Waals surface area contributed by atoms with Crippen LogP contribution in [0.5, 0.6) is 0 Å². The minimum Gasteiger partial charge on any atom is -0.367 e. The number of nitrogens with one attached hydrogen (secondary N) is 3. The fraction of sp³-hybridized carbons (Fsp3) is 0.429. The van der Waals surface area contributed by atoms with Crippen molar-refractivity contribution in [1.29, 1.82) is 0 Å². The first-order chi connectivity index (χ1) is 16.2. The number of piperazine rings is 1. The van der Waals surface area contributed by atoms with Crippen molar-refractivity contribution in [3.05, 3.63) is 36.0 Å². The number of primary amides is 1. The number of anilines is 4. The highest BCUT2D eigenvalue weighted by atomic mass is 32.2. The van der Waals surface area contributed by atoms with Crippen molar-refractivity contribution < 1.29 is 18.0 Å². The smallest absolute Gasteiger partial charge is 0.254 e. The molecule has 0 spiro atoms. The molecule has 2 fully saturated rings. The van der Waals surface area contributed by atoms with E-state index in [1.54, 1.807) is 0 Å². The van der Waals surface area contributed by atoms with E-state index in [-0.39, 0.29) is 24.1 Å². The number of rotatable bonds is 8. The molecular formula is C21H28N8O4S. The van der Waals surface area contributed by atoms with Crippen molar-refractivity contribution in [2.45, 2.75) is 24.9 Å². The van der Waals surface area contributed by atoms with Crippen LogP contribution in [0.2, 0.25) is 0 Å². The average molecular weight is 489 g/mol. The van der Waals surface area contributed by atoms with E-state index < -0.39 is 22.0 Å². The maximum Gasteiger partial charge on any atom is 0.254 e. The summed E-state index contributed by atoms with van der Waals surface area (Å²) in [5, 5.41) is 8.92. The van der Waals surface area contributed by atoms with Crippen LogP contribution in [-0.2, 0) is 14.8 Å². The van der Waals surface area contributed by atoms with E-state index in [0.29, 0.717) is 30.5 Å². The quantitative estimate of drug-likeness (QED) is 0.403. The number of hydrogen-bond donors (Lipinski definition) is 4. The lowest BCUT2D eigenvalue weighted by atomic mass is 10.1. The number of likely N-dealkylation sites (N-methyl/N-ethyl adjacent to an activating group) is 1. The number of carbonyl (C=O) groups excluding carboxylic acids is 2. The number of amides is 2. The summed E-state index contributed by atoms with van der Waals surface area (Å²) < 4.78 is 25.3. The van der Waals surface area contributed by atoms with Gasteiger partial charge in [0.05, 0.1) is 11.8 Å². The van der Waals surface area contributed by atoms with E-state index >= 15 is 0 Å². The Morgan fingerprint density at radius 2 is 1.85 bits per heavy atom. The van der Waals surface area contributed by atoms with Gasteiger partial charge in [-0.15, -0.1) is 0 Å². The molecule has 182 valence electrons. The normalized spacial score (nSPS) is 18.9. The first-order valence-corrected chi connectivity index (χ1v) is 12.7. The third-order valence-electron chi connectivity index (χ3n) is 5.79. The van der Waals surface area contributed by atoms with E-state index in [2.05, 4.69) is 25.9 Å². The highest BCUT2D eigenvalue weighted by molar-refractivity contribution is 7.88. The molecule has 1 atom stereocenters. The summed E-state index contributed by atoms with van der Waals surface area (Å²) in [6.45, 7) is 0.754. The standard InChI is InChI=1S/C21H28N8O4S/c1-23-20(31)17-12-28(34(2,32)33)9-10-29(17)15-7-5-14(6-8-15)26-21-24-11-16(18(22)30)19(27-21)25-13-3-4-13/h5-8,11,13,17H,3-4,9-10,12H2,1-2H3,(H2,22,30)(H,23,31)(H2,24,25,26,27). The Kier molecular flexibility index (Phi) is 6.57. The Hall–Kier alpha value is -3.45. The van der Waals surface area contributed by atoms with Crippen LogP contribution < -0.4 is 26.6 Å². The summed E-state index contributed by atoms with van der Waals surface area (Å²) in [4.78, 5) is 34.6. The van der Waals surface area contributed by atoms with E-state index in [4.69, 9.17) is 5.73 Å². The summed E-state index contributed by atoms with van der Waals surface area (Å²) in [6.07, 6.45) is 4.57. The predicted octanol–water partition coefficient (Wildman–Crippen LogP) is 0.0896. The fourth-order valence-electron chi connectivity index (χ4n) is 3.78. The first-order valence-electron chi connectivity index (χ1n) is 10.9. The van der Waals surface area contributed by atoms with Crippen molar-refractivity contribution in [1.82, 2.24) is 19.6 Å². The van der Waals surface area contributed by atoms with Crippen LogP contribution in [0.3, 0.4) is 0 Å². The number of hydrogen-bond acceptors (Lipinski definition) is 9. The molecule has 13 heteroatoms. The van der Waals surface area contributed by atoms with Gasteiger partial charge in [0, 0.05) is 50.3 Å². The van der Waals surface area contributed by atoms with Gasteiger partial charge in [-0.3, -0.25) is 9.59 Å². The molecule has 1 saturated heterocycles. The van der Waals surface area contributed by atoms with Gasteiger partial charge in [-0.1, -0.05) is 0 Å². The molecule has 1 aromatic heterocycles. The van der Waals surface area contributed by atoms with Crippen molar-refractivity contribution in [3.63, 3.8) is 0 Å². The van der Waals surface area contributed by atoms with Crippen molar-refractivity contribution in [2.75, 3.05) is 48.5 Å². The number of carbonyl (C=O) groups is 2. The lowest BCUT2D eigenvalue weighted by Gasteiger charge is -2.40. The SMILES string of the molecule is CNC(=O)C1CN(S(C)(=O)=O)CCN1c1ccc(Nc2ncc(C(N)=O)c(NC3CC3)n2)cc1. The van der Waals surface area contributed by atoms with Gasteiger partial charge in [-0.25, -0.2) is 13.4 Å². The van der Waals surface area contributed by atoms with Gasteiger partial charge in [-0.2, -0.15) is 9.29 Å². The second-order valence-electron chi connectivity index (χ2n) is 8.36. The van der Waals surface area contributed by atoms with Crippen LogP contribution in [0, 0.1) is 0 Å². The number of aromatic nitrogens is 2. The summed E-state index contributed by atoms with van der Waals surface area (Å²) in [6, 6.07) is 6.96. The molecule has 1 aromatic carbocycles. The van der Waals surface area contributed by atoms with E-state index in [1.165, 1.54) is 17.5 Å². The molecule has 0 radical (unpaired) electrons. The number of nitrogens with two attached hydrogens (primary N) is 1. The lowest BCUT2D eigenvalue weighted by molar-refractivity contribution is -0.122. The molecule has 2 aromatic rings. The highest BCUT2D eigenvalue weighted by Gasteiger charge is 2.35. The molecule has 1 saturated carbocycles. The second kappa shape index (κ2) is 9.43. The van der Waals surface area contributed by atoms with Crippen LogP contribution in [0.4, 0.5) is 23.1 Å². The fourth-order valence-corrected chi connectivity index (χ4v) is 4.60. The summed E-state index contributed by atoms with van der Waals surface area (Å²) >= 11 is 0. The van der Waals surface area contributed by atoms with Gasteiger partial charge in [-0.05, 0) is 37.1 Å². The van der Waals surface area contributed by atoms with Crippen LogP contribution >= 0.6 is 0 Å². The first kappa shape index (κ1) is 23.7. The summed E-state index contributed by atoms with van der Waals surface area (Å²) in [7, 11) is -1.86.